The van der Waals surface area contributed by atoms with Crippen LogP contribution in [-0.4, -0.2) is 43.9 Å². The van der Waals surface area contributed by atoms with Crippen LogP contribution in [0.3, 0.4) is 0 Å². The average Bonchev–Trinajstić information content (AvgIpc) is 2.94. The quantitative estimate of drug-likeness (QED) is 0.778. The number of nitriles is 1. The zero-order valence-electron chi connectivity index (χ0n) is 14.7. The van der Waals surface area contributed by atoms with Gasteiger partial charge < -0.3 is 4.90 Å². The Morgan fingerprint density at radius 1 is 1.07 bits per heavy atom. The highest BCUT2D eigenvalue weighted by Crippen LogP contribution is 2.29. The molecule has 0 unspecified atom stereocenters. The van der Waals surface area contributed by atoms with Gasteiger partial charge in [0.1, 0.15) is 5.82 Å². The van der Waals surface area contributed by atoms with Crippen molar-refractivity contribution in [1.29, 1.82) is 5.26 Å². The molecule has 1 saturated heterocycles. The normalized spacial score (nSPS) is 16.4. The highest BCUT2D eigenvalue weighted by molar-refractivity contribution is 7.89. The Morgan fingerprint density at radius 3 is 2.50 bits per heavy atom. The van der Waals surface area contributed by atoms with Crippen LogP contribution in [0.5, 0.6) is 0 Å². The van der Waals surface area contributed by atoms with Gasteiger partial charge in [-0.25, -0.2) is 13.4 Å². The van der Waals surface area contributed by atoms with E-state index in [2.05, 4.69) is 4.98 Å². The van der Waals surface area contributed by atoms with Crippen molar-refractivity contribution in [3.8, 4) is 6.07 Å². The van der Waals surface area contributed by atoms with Crippen LogP contribution in [0, 0.1) is 11.3 Å². The fourth-order valence-corrected chi connectivity index (χ4v) is 4.50. The topological polar surface area (TPSA) is 77.3 Å². The molecule has 0 amide bonds. The lowest BCUT2D eigenvalue weighted by atomic mass is 10.2. The molecule has 0 saturated carbocycles. The fourth-order valence-electron chi connectivity index (χ4n) is 2.98. The van der Waals surface area contributed by atoms with E-state index in [9.17, 15) is 21.6 Å². The summed E-state index contributed by atoms with van der Waals surface area (Å²) in [6.07, 6.45) is -3.17. The summed E-state index contributed by atoms with van der Waals surface area (Å²) in [5.41, 5.74) is -0.570. The molecule has 0 atom stereocenters. The number of alkyl halides is 3. The molecular weight excluding hydrogens is 393 g/mol. The zero-order valence-corrected chi connectivity index (χ0v) is 15.5. The first-order chi connectivity index (χ1) is 13.2. The maximum Gasteiger partial charge on any atom is 0.417 e. The second-order valence-corrected chi connectivity index (χ2v) is 8.23. The minimum atomic E-state index is -4.45. The van der Waals surface area contributed by atoms with Crippen LogP contribution in [0.15, 0.2) is 47.5 Å². The number of anilines is 1. The van der Waals surface area contributed by atoms with Crippen molar-refractivity contribution in [2.75, 3.05) is 31.1 Å². The van der Waals surface area contributed by atoms with Crippen LogP contribution >= 0.6 is 0 Å². The van der Waals surface area contributed by atoms with E-state index in [0.717, 1.165) is 12.3 Å². The molecule has 1 fully saturated rings. The number of halogens is 3. The number of pyridine rings is 1. The zero-order chi connectivity index (χ0) is 20.4. The first kappa shape index (κ1) is 20.1. The number of hydrogen-bond acceptors (Lipinski definition) is 5. The maximum absolute atomic E-state index is 12.9. The lowest BCUT2D eigenvalue weighted by Gasteiger charge is -2.23. The number of aromatic nitrogens is 1. The van der Waals surface area contributed by atoms with Crippen molar-refractivity contribution < 1.29 is 21.6 Å². The van der Waals surface area contributed by atoms with Crippen LogP contribution in [0.1, 0.15) is 17.5 Å². The summed E-state index contributed by atoms with van der Waals surface area (Å²) >= 11 is 0. The Balaban J connectivity index is 1.75. The van der Waals surface area contributed by atoms with Crippen LogP contribution in [0.25, 0.3) is 0 Å². The Hall–Kier alpha value is -2.64. The molecule has 0 radical (unpaired) electrons. The monoisotopic (exact) mass is 410 g/mol. The van der Waals surface area contributed by atoms with Crippen molar-refractivity contribution in [3.63, 3.8) is 0 Å². The van der Waals surface area contributed by atoms with Gasteiger partial charge in [0, 0.05) is 32.4 Å². The van der Waals surface area contributed by atoms with E-state index in [1.165, 1.54) is 34.6 Å². The van der Waals surface area contributed by atoms with Crippen LogP contribution in [0.2, 0.25) is 0 Å². The smallest absolute Gasteiger partial charge is 0.355 e. The second kappa shape index (κ2) is 7.77. The van der Waals surface area contributed by atoms with E-state index >= 15 is 0 Å². The Morgan fingerprint density at radius 2 is 1.86 bits per heavy atom. The second-order valence-electron chi connectivity index (χ2n) is 6.29. The molecule has 1 aliphatic rings. The summed E-state index contributed by atoms with van der Waals surface area (Å²) in [6.45, 7) is 1.22. The molecule has 3 rings (SSSR count). The fraction of sp³-hybridized carbons (Fsp3) is 0.333. The van der Waals surface area contributed by atoms with Crippen molar-refractivity contribution in [1.82, 2.24) is 9.29 Å². The summed E-state index contributed by atoms with van der Waals surface area (Å²) in [7, 11) is -3.76. The number of hydrogen-bond donors (Lipinski definition) is 0. The van der Waals surface area contributed by atoms with Crippen molar-refractivity contribution in [3.05, 3.63) is 53.7 Å². The van der Waals surface area contributed by atoms with Gasteiger partial charge in [0.05, 0.1) is 22.1 Å². The van der Waals surface area contributed by atoms with Gasteiger partial charge in [0.15, 0.2) is 0 Å². The lowest BCUT2D eigenvalue weighted by molar-refractivity contribution is -0.137. The molecule has 2 heterocycles. The largest absolute Gasteiger partial charge is 0.417 e. The SMILES string of the molecule is N#Cc1cccc(S(=O)(=O)N2CCCN(c3ccc(C(F)(F)F)cn3)CC2)c1. The standard InChI is InChI=1S/C18H17F3N4O2S/c19-18(20,21)15-5-6-17(23-13-15)24-7-2-8-25(10-9-24)28(26,27)16-4-1-3-14(11-16)12-22/h1,3-6,11,13H,2,7-10H2. The third kappa shape index (κ3) is 4.26. The summed E-state index contributed by atoms with van der Waals surface area (Å²) in [5, 5.41) is 8.97. The van der Waals surface area contributed by atoms with E-state index in [0.29, 0.717) is 25.3 Å². The van der Waals surface area contributed by atoms with Crippen LogP contribution in [0.4, 0.5) is 19.0 Å². The van der Waals surface area contributed by atoms with Crippen molar-refractivity contribution in [2.45, 2.75) is 17.5 Å². The van der Waals surface area contributed by atoms with Gasteiger partial charge in [-0.05, 0) is 36.8 Å². The van der Waals surface area contributed by atoms with Gasteiger partial charge in [-0.3, -0.25) is 0 Å². The number of benzene rings is 1. The van der Waals surface area contributed by atoms with E-state index in [1.807, 2.05) is 6.07 Å². The Labute approximate surface area is 160 Å². The first-order valence-corrected chi connectivity index (χ1v) is 9.94. The molecule has 0 bridgehead atoms. The molecule has 148 valence electrons. The van der Waals surface area contributed by atoms with Gasteiger partial charge >= 0.3 is 6.18 Å². The average molecular weight is 410 g/mol. The van der Waals surface area contributed by atoms with Gasteiger partial charge in [-0.1, -0.05) is 6.07 Å². The van der Waals surface area contributed by atoms with Gasteiger partial charge in [-0.2, -0.15) is 22.7 Å². The first-order valence-electron chi connectivity index (χ1n) is 8.50. The minimum absolute atomic E-state index is 0.0488. The molecule has 2 aromatic rings. The predicted octanol–water partition coefficient (Wildman–Crippen LogP) is 2.87. The molecule has 28 heavy (non-hydrogen) atoms. The molecule has 0 N–H and O–H groups in total. The Bertz CT molecular complexity index is 985. The van der Waals surface area contributed by atoms with E-state index in [4.69, 9.17) is 5.26 Å². The highest BCUT2D eigenvalue weighted by atomic mass is 32.2. The molecule has 10 heteroatoms. The molecule has 0 spiro atoms. The number of nitrogens with zero attached hydrogens (tertiary/aromatic N) is 4. The number of rotatable bonds is 3. The van der Waals surface area contributed by atoms with Gasteiger partial charge in [0.25, 0.3) is 0 Å². The summed E-state index contributed by atoms with van der Waals surface area (Å²) in [5.74, 6) is 0.374. The van der Waals surface area contributed by atoms with Crippen molar-refractivity contribution in [2.24, 2.45) is 0 Å². The van der Waals surface area contributed by atoms with Crippen LogP contribution < -0.4 is 4.90 Å². The molecule has 0 aliphatic carbocycles. The minimum Gasteiger partial charge on any atom is -0.355 e. The summed E-state index contributed by atoms with van der Waals surface area (Å²) in [4.78, 5) is 5.69. The third-order valence-electron chi connectivity index (χ3n) is 4.45. The molecule has 1 aromatic carbocycles. The Kier molecular flexibility index (Phi) is 5.58. The molecule has 1 aliphatic heterocycles. The maximum atomic E-state index is 12.9. The molecular formula is C18H17F3N4O2S. The number of sulfonamides is 1. The summed E-state index contributed by atoms with van der Waals surface area (Å²) < 4.78 is 65.1. The predicted molar refractivity (Wildman–Crippen MR) is 96.0 cm³/mol. The van der Waals surface area contributed by atoms with Gasteiger partial charge in [-0.15, -0.1) is 0 Å². The van der Waals surface area contributed by atoms with Crippen LogP contribution in [-0.2, 0) is 16.2 Å². The summed E-state index contributed by atoms with van der Waals surface area (Å²) in [6, 6.07) is 9.99. The van der Waals surface area contributed by atoms with Gasteiger partial charge in [0.2, 0.25) is 10.0 Å². The van der Waals surface area contributed by atoms with E-state index < -0.39 is 21.8 Å². The third-order valence-corrected chi connectivity index (χ3v) is 6.35. The highest BCUT2D eigenvalue weighted by Gasteiger charge is 2.31. The molecule has 6 nitrogen and oxygen atoms in total. The van der Waals surface area contributed by atoms with E-state index in [-0.39, 0.29) is 23.5 Å². The van der Waals surface area contributed by atoms with E-state index in [1.54, 1.807) is 4.90 Å². The van der Waals surface area contributed by atoms with Crippen molar-refractivity contribution >= 4 is 15.8 Å². The molecule has 1 aromatic heterocycles. The lowest BCUT2D eigenvalue weighted by Crippen LogP contribution is -2.35.